The summed E-state index contributed by atoms with van der Waals surface area (Å²) in [6.45, 7) is 0.539. The van der Waals surface area contributed by atoms with Gasteiger partial charge in [0, 0.05) is 10.6 Å². The molecule has 228 valence electrons. The molecule has 0 saturated carbocycles. The molecule has 0 spiro atoms. The molecule has 42 heavy (non-hydrogen) atoms. The average molecular weight is 609 g/mol. The number of methoxy groups -OCH3 is 4. The summed E-state index contributed by atoms with van der Waals surface area (Å²) >= 11 is 6.34. The van der Waals surface area contributed by atoms with Gasteiger partial charge in [0.2, 0.25) is 0 Å². The first-order valence-electron chi connectivity index (χ1n) is 12.5. The lowest BCUT2D eigenvalue weighted by Crippen LogP contribution is -2.36. The number of ether oxygens (including phenoxy) is 6. The topological polar surface area (TPSA) is 147 Å². The zero-order chi connectivity index (χ0) is 31.2. The molecule has 0 heterocycles. The largest absolute Gasteiger partial charge is 0.488 e. The zero-order valence-electron chi connectivity index (χ0n) is 24.0. The standard InChI is InChI=1S/C28H33ClN2O11/c1-18-10-23(22(12-20(18)29)31(15-27(35)39-4)16-28(36)40-5)41-8-9-42-24-11-19(17-32)6-7-21(24)30(13-25(33)37-2)14-26(34)38-3/h6-7,10-12,17H,8-9,13-16H2,1-5H3. The van der Waals surface area contributed by atoms with Crippen LogP contribution in [0.1, 0.15) is 15.9 Å². The highest BCUT2D eigenvalue weighted by molar-refractivity contribution is 6.31. The number of rotatable bonds is 16. The SMILES string of the molecule is COC(=O)CN(CC(=O)OC)c1ccc(C=O)cc1OCCOc1cc(C)c(Cl)cc1N(CC(=O)OC)CC(=O)OC. The fourth-order valence-corrected chi connectivity index (χ4v) is 3.78. The van der Waals surface area contributed by atoms with E-state index in [1.807, 2.05) is 0 Å². The molecular formula is C28H33ClN2O11. The van der Waals surface area contributed by atoms with Crippen LogP contribution in [0.4, 0.5) is 11.4 Å². The van der Waals surface area contributed by atoms with Gasteiger partial charge in [-0.25, -0.2) is 0 Å². The second-order valence-corrected chi connectivity index (χ2v) is 9.03. The summed E-state index contributed by atoms with van der Waals surface area (Å²) in [6.07, 6.45) is 0.623. The Morgan fingerprint density at radius 3 is 1.55 bits per heavy atom. The molecule has 13 nitrogen and oxygen atoms in total. The van der Waals surface area contributed by atoms with Crippen molar-refractivity contribution in [2.75, 3.05) is 77.6 Å². The molecule has 0 aliphatic carbocycles. The molecule has 2 aromatic rings. The van der Waals surface area contributed by atoms with E-state index in [1.54, 1.807) is 19.1 Å². The van der Waals surface area contributed by atoms with Crippen LogP contribution >= 0.6 is 11.6 Å². The number of aryl methyl sites for hydroxylation is 1. The van der Waals surface area contributed by atoms with Crippen molar-refractivity contribution in [3.8, 4) is 11.5 Å². The van der Waals surface area contributed by atoms with Crippen LogP contribution in [0.25, 0.3) is 0 Å². The minimum Gasteiger partial charge on any atom is -0.488 e. The van der Waals surface area contributed by atoms with Crippen molar-refractivity contribution in [2.45, 2.75) is 6.92 Å². The molecule has 0 aliphatic rings. The Labute approximate surface area is 248 Å². The summed E-state index contributed by atoms with van der Waals surface area (Å²) in [5.74, 6) is -1.93. The number of nitrogens with zero attached hydrogens (tertiary/aromatic N) is 2. The van der Waals surface area contributed by atoms with Gasteiger partial charge < -0.3 is 38.2 Å². The molecule has 0 N–H and O–H groups in total. The predicted molar refractivity (Wildman–Crippen MR) is 151 cm³/mol. The molecule has 0 amide bonds. The maximum absolute atomic E-state index is 12.1. The Bertz CT molecular complexity index is 1250. The van der Waals surface area contributed by atoms with Crippen LogP contribution in [0.2, 0.25) is 5.02 Å². The van der Waals surface area contributed by atoms with Gasteiger partial charge >= 0.3 is 23.9 Å². The van der Waals surface area contributed by atoms with Crippen LogP contribution in [0.3, 0.4) is 0 Å². The van der Waals surface area contributed by atoms with E-state index in [4.69, 9.17) is 40.0 Å². The fourth-order valence-electron chi connectivity index (χ4n) is 3.63. The Morgan fingerprint density at radius 2 is 1.12 bits per heavy atom. The Hall–Kier alpha value is -4.52. The summed E-state index contributed by atoms with van der Waals surface area (Å²) in [4.78, 5) is 62.4. The second-order valence-electron chi connectivity index (χ2n) is 8.63. The second kappa shape index (κ2) is 16.7. The van der Waals surface area contributed by atoms with E-state index >= 15 is 0 Å². The van der Waals surface area contributed by atoms with Crippen molar-refractivity contribution in [1.82, 2.24) is 0 Å². The Kier molecular flexibility index (Phi) is 13.4. The molecule has 0 radical (unpaired) electrons. The van der Waals surface area contributed by atoms with Crippen LogP contribution in [0.15, 0.2) is 30.3 Å². The minimum atomic E-state index is -0.609. The zero-order valence-corrected chi connectivity index (χ0v) is 24.7. The van der Waals surface area contributed by atoms with Gasteiger partial charge in [0.15, 0.2) is 0 Å². The maximum Gasteiger partial charge on any atom is 0.325 e. The average Bonchev–Trinajstić information content (AvgIpc) is 2.99. The Morgan fingerprint density at radius 1 is 0.690 bits per heavy atom. The van der Waals surface area contributed by atoms with Crippen molar-refractivity contribution in [3.63, 3.8) is 0 Å². The summed E-state index contributed by atoms with van der Waals surface area (Å²) in [5, 5.41) is 0.375. The van der Waals surface area contributed by atoms with E-state index < -0.39 is 23.9 Å². The summed E-state index contributed by atoms with van der Waals surface area (Å²) < 4.78 is 30.9. The molecule has 0 unspecified atom stereocenters. The number of hydrogen-bond donors (Lipinski definition) is 0. The van der Waals surface area contributed by atoms with E-state index in [9.17, 15) is 24.0 Å². The van der Waals surface area contributed by atoms with Gasteiger partial charge in [0.25, 0.3) is 0 Å². The first-order chi connectivity index (χ1) is 20.1. The lowest BCUT2D eigenvalue weighted by molar-refractivity contribution is -0.141. The van der Waals surface area contributed by atoms with Crippen LogP contribution in [-0.2, 0) is 38.1 Å². The van der Waals surface area contributed by atoms with Crippen LogP contribution in [0, 0.1) is 6.92 Å². The number of anilines is 2. The smallest absolute Gasteiger partial charge is 0.325 e. The van der Waals surface area contributed by atoms with E-state index in [-0.39, 0.29) is 45.1 Å². The molecule has 2 rings (SSSR count). The van der Waals surface area contributed by atoms with Crippen molar-refractivity contribution in [1.29, 1.82) is 0 Å². The van der Waals surface area contributed by atoms with Crippen molar-refractivity contribution >= 4 is 53.1 Å². The summed E-state index contributed by atoms with van der Waals surface area (Å²) in [6, 6.07) is 7.70. The normalized spacial score (nSPS) is 10.2. The maximum atomic E-state index is 12.1. The third-order valence-corrected chi connectivity index (χ3v) is 6.24. The molecule has 0 atom stereocenters. The number of carbonyl (C=O) groups is 5. The number of esters is 4. The number of aldehydes is 1. The number of halogens is 1. The van der Waals surface area contributed by atoms with Crippen molar-refractivity contribution in [2.24, 2.45) is 0 Å². The molecule has 0 saturated heterocycles. The van der Waals surface area contributed by atoms with Crippen LogP contribution in [-0.4, -0.2) is 98.0 Å². The fraction of sp³-hybridized carbons (Fsp3) is 0.393. The third-order valence-electron chi connectivity index (χ3n) is 5.83. The quantitative estimate of drug-likeness (QED) is 0.119. The van der Waals surface area contributed by atoms with Gasteiger partial charge in [-0.05, 0) is 42.8 Å². The molecular weight excluding hydrogens is 576 g/mol. The highest BCUT2D eigenvalue weighted by atomic mass is 35.5. The minimum absolute atomic E-state index is 0.0306. The first-order valence-corrected chi connectivity index (χ1v) is 12.9. The number of benzene rings is 2. The van der Waals surface area contributed by atoms with Crippen LogP contribution in [0.5, 0.6) is 11.5 Å². The number of hydrogen-bond acceptors (Lipinski definition) is 13. The number of carbonyl (C=O) groups excluding carboxylic acids is 5. The summed E-state index contributed by atoms with van der Waals surface area (Å²) in [5.41, 5.74) is 1.64. The van der Waals surface area contributed by atoms with E-state index in [2.05, 4.69) is 0 Å². The third kappa shape index (κ3) is 9.84. The molecule has 14 heteroatoms. The molecule has 0 fully saturated rings. The van der Waals surface area contributed by atoms with E-state index in [0.717, 1.165) is 0 Å². The van der Waals surface area contributed by atoms with Gasteiger partial charge in [-0.2, -0.15) is 0 Å². The molecule has 0 aromatic heterocycles. The molecule has 0 aliphatic heterocycles. The lowest BCUT2D eigenvalue weighted by Gasteiger charge is -2.26. The first kappa shape index (κ1) is 33.7. The van der Waals surface area contributed by atoms with Crippen molar-refractivity contribution < 1.29 is 52.4 Å². The molecule has 2 aromatic carbocycles. The van der Waals surface area contributed by atoms with Crippen LogP contribution < -0.4 is 19.3 Å². The van der Waals surface area contributed by atoms with Gasteiger partial charge in [0.1, 0.15) is 57.2 Å². The highest BCUT2D eigenvalue weighted by Crippen LogP contribution is 2.35. The summed E-state index contributed by atoms with van der Waals surface area (Å²) in [7, 11) is 4.88. The van der Waals surface area contributed by atoms with Crippen molar-refractivity contribution in [3.05, 3.63) is 46.5 Å². The lowest BCUT2D eigenvalue weighted by atomic mass is 10.2. The molecule has 0 bridgehead atoms. The highest BCUT2D eigenvalue weighted by Gasteiger charge is 2.22. The van der Waals surface area contributed by atoms with Gasteiger partial charge in [-0.1, -0.05) is 11.6 Å². The predicted octanol–water partition coefficient (Wildman–Crippen LogP) is 2.22. The van der Waals surface area contributed by atoms with Gasteiger partial charge in [-0.3, -0.25) is 24.0 Å². The van der Waals surface area contributed by atoms with E-state index in [0.29, 0.717) is 39.6 Å². The monoisotopic (exact) mass is 608 g/mol. The Balaban J connectivity index is 2.32. The van der Waals surface area contributed by atoms with Gasteiger partial charge in [-0.15, -0.1) is 0 Å². The van der Waals surface area contributed by atoms with Gasteiger partial charge in [0.05, 0.1) is 39.8 Å². The van der Waals surface area contributed by atoms with E-state index in [1.165, 1.54) is 56.4 Å².